The van der Waals surface area contributed by atoms with Crippen LogP contribution in [0.15, 0.2) is 27.5 Å². The van der Waals surface area contributed by atoms with Crippen molar-refractivity contribution in [1.29, 1.82) is 0 Å². The maximum atomic E-state index is 12.5. The second-order valence-corrected chi connectivity index (χ2v) is 8.23. The first-order chi connectivity index (χ1) is 15.5. The van der Waals surface area contributed by atoms with E-state index in [1.54, 1.807) is 4.57 Å². The van der Waals surface area contributed by atoms with Crippen LogP contribution in [-0.4, -0.2) is 27.1 Å². The van der Waals surface area contributed by atoms with E-state index < -0.39 is 5.76 Å². The molecule has 0 saturated carbocycles. The van der Waals surface area contributed by atoms with E-state index in [0.717, 1.165) is 42.7 Å². The molecule has 8 nitrogen and oxygen atoms in total. The Labute approximate surface area is 193 Å². The molecule has 4 rings (SSSR count). The smallest absolute Gasteiger partial charge is 0.421 e. The summed E-state index contributed by atoms with van der Waals surface area (Å²) in [4.78, 5) is 21.4. The fourth-order valence-electron chi connectivity index (χ4n) is 3.51. The fraction of sp³-hybridized carbons (Fsp3) is 0.522. The minimum atomic E-state index is -0.409. The summed E-state index contributed by atoms with van der Waals surface area (Å²) < 4.78 is 17.9. The minimum absolute atomic E-state index is 0.00349. The lowest BCUT2D eigenvalue weighted by atomic mass is 10.1. The van der Waals surface area contributed by atoms with Crippen molar-refractivity contribution in [1.82, 2.24) is 14.5 Å². The molecule has 0 amide bonds. The predicted molar refractivity (Wildman–Crippen MR) is 130 cm³/mol. The number of nitrogens with one attached hydrogen (secondary N) is 1. The zero-order valence-corrected chi connectivity index (χ0v) is 20.1. The van der Waals surface area contributed by atoms with E-state index in [1.165, 1.54) is 12.6 Å². The van der Waals surface area contributed by atoms with Gasteiger partial charge in [0.15, 0.2) is 22.7 Å². The number of aromatic nitrogens is 3. The van der Waals surface area contributed by atoms with Gasteiger partial charge in [0.25, 0.3) is 0 Å². The Morgan fingerprint density at radius 1 is 1.19 bits per heavy atom. The van der Waals surface area contributed by atoms with E-state index in [9.17, 15) is 4.79 Å². The van der Waals surface area contributed by atoms with Gasteiger partial charge in [0.05, 0.1) is 6.20 Å². The number of ether oxygens (including phenoxy) is 2. The van der Waals surface area contributed by atoms with Gasteiger partial charge in [-0.25, -0.2) is 9.78 Å². The van der Waals surface area contributed by atoms with Crippen molar-refractivity contribution in [3.8, 4) is 11.5 Å². The maximum Gasteiger partial charge on any atom is 0.421 e. The van der Waals surface area contributed by atoms with Gasteiger partial charge in [-0.3, -0.25) is 4.57 Å². The first kappa shape index (κ1) is 24.0. The second kappa shape index (κ2) is 11.3. The van der Waals surface area contributed by atoms with Crippen LogP contribution in [0.4, 0.5) is 11.6 Å². The number of nitrogens with zero attached hydrogens (tertiary/aromatic N) is 3. The molecule has 0 aliphatic carbocycles. The van der Waals surface area contributed by atoms with Crippen LogP contribution in [-0.2, 0) is 0 Å². The molecule has 0 spiro atoms. The van der Waals surface area contributed by atoms with E-state index in [1.807, 2.05) is 19.1 Å². The van der Waals surface area contributed by atoms with Crippen LogP contribution >= 0.6 is 12.6 Å². The molecule has 3 heterocycles. The minimum Gasteiger partial charge on any atom is -0.454 e. The SMILES string of the molecule is CCC.CCCCC(CCS)n1c(=O)oc2cnc(Nc3cc4c(cc3C)OCO4)nc21. The molecule has 0 fully saturated rings. The van der Waals surface area contributed by atoms with E-state index in [0.29, 0.717) is 28.7 Å². The van der Waals surface area contributed by atoms with Gasteiger partial charge in [0, 0.05) is 17.8 Å². The number of unbranched alkanes of at least 4 members (excludes halogenated alkanes) is 1. The highest BCUT2D eigenvalue weighted by molar-refractivity contribution is 7.80. The predicted octanol–water partition coefficient (Wildman–Crippen LogP) is 5.63. The van der Waals surface area contributed by atoms with Crippen molar-refractivity contribution in [3.63, 3.8) is 0 Å². The van der Waals surface area contributed by atoms with E-state index >= 15 is 0 Å². The lowest BCUT2D eigenvalue weighted by Gasteiger charge is -2.16. The first-order valence-corrected chi connectivity index (χ1v) is 11.8. The largest absolute Gasteiger partial charge is 0.454 e. The van der Waals surface area contributed by atoms with Gasteiger partial charge >= 0.3 is 5.76 Å². The van der Waals surface area contributed by atoms with Gasteiger partial charge in [0.1, 0.15) is 0 Å². The number of hydrogen-bond acceptors (Lipinski definition) is 8. The molecule has 0 bridgehead atoms. The number of thiol groups is 1. The van der Waals surface area contributed by atoms with Crippen molar-refractivity contribution in [2.75, 3.05) is 17.9 Å². The average molecular weight is 461 g/mol. The Bertz CT molecular complexity index is 1100. The van der Waals surface area contributed by atoms with Crippen molar-refractivity contribution in [3.05, 3.63) is 34.4 Å². The molecule has 32 heavy (non-hydrogen) atoms. The molecule has 1 aliphatic heterocycles. The van der Waals surface area contributed by atoms with Gasteiger partial charge in [0.2, 0.25) is 12.7 Å². The number of benzene rings is 1. The number of oxazole rings is 1. The molecular formula is C23H32N4O4S. The van der Waals surface area contributed by atoms with Crippen LogP contribution in [0.2, 0.25) is 0 Å². The van der Waals surface area contributed by atoms with Gasteiger partial charge in [-0.1, -0.05) is 40.0 Å². The lowest BCUT2D eigenvalue weighted by molar-refractivity contribution is 0.174. The van der Waals surface area contributed by atoms with Crippen LogP contribution in [0.1, 0.15) is 64.5 Å². The van der Waals surface area contributed by atoms with Crippen molar-refractivity contribution in [2.24, 2.45) is 0 Å². The van der Waals surface area contributed by atoms with Crippen LogP contribution in [0.25, 0.3) is 11.2 Å². The van der Waals surface area contributed by atoms with Gasteiger partial charge < -0.3 is 19.2 Å². The van der Waals surface area contributed by atoms with Gasteiger partial charge in [-0.15, -0.1) is 0 Å². The summed E-state index contributed by atoms with van der Waals surface area (Å²) >= 11 is 4.36. The molecule has 0 radical (unpaired) electrons. The molecule has 0 saturated heterocycles. The monoisotopic (exact) mass is 460 g/mol. The zero-order chi connectivity index (χ0) is 23.1. The Hall–Kier alpha value is -2.68. The summed E-state index contributed by atoms with van der Waals surface area (Å²) in [6.45, 7) is 8.56. The average Bonchev–Trinajstić information content (AvgIpc) is 3.34. The summed E-state index contributed by atoms with van der Waals surface area (Å²) in [5.41, 5.74) is 2.65. The highest BCUT2D eigenvalue weighted by Gasteiger charge is 2.21. The summed E-state index contributed by atoms with van der Waals surface area (Å²) in [5, 5.41) is 3.21. The van der Waals surface area contributed by atoms with Crippen LogP contribution < -0.4 is 20.5 Å². The van der Waals surface area contributed by atoms with Gasteiger partial charge in [-0.05, 0) is 37.1 Å². The molecule has 1 aromatic carbocycles. The number of fused-ring (bicyclic) bond motifs is 2. The highest BCUT2D eigenvalue weighted by Crippen LogP contribution is 2.37. The highest BCUT2D eigenvalue weighted by atomic mass is 32.1. The normalized spacial score (nSPS) is 13.0. The summed E-state index contributed by atoms with van der Waals surface area (Å²) in [6.07, 6.45) is 6.50. The number of hydrogen-bond donors (Lipinski definition) is 2. The van der Waals surface area contributed by atoms with Crippen LogP contribution in [0.5, 0.6) is 11.5 Å². The first-order valence-electron chi connectivity index (χ1n) is 11.2. The molecule has 2 aromatic heterocycles. The fourth-order valence-corrected chi connectivity index (χ4v) is 3.81. The lowest BCUT2D eigenvalue weighted by Crippen LogP contribution is -2.21. The number of anilines is 2. The molecule has 1 unspecified atom stereocenters. The van der Waals surface area contributed by atoms with Crippen LogP contribution in [0.3, 0.4) is 0 Å². The quantitative estimate of drug-likeness (QED) is 0.421. The standard InChI is InChI=1S/C20H24N4O4S.C3H8/c1-3-4-5-13(6-7-29)24-18-17(28-20(24)25)10-21-19(23-18)22-14-9-16-15(8-12(14)2)26-11-27-16;1-3-2/h8-10,13,29H,3-7,11H2,1-2H3,(H,21,22,23);3H2,1-2H3. The summed E-state index contributed by atoms with van der Waals surface area (Å²) in [6, 6.07) is 3.76. The Balaban J connectivity index is 0.000000913. The third-order valence-corrected chi connectivity index (χ3v) is 5.30. The molecule has 3 aromatic rings. The van der Waals surface area contributed by atoms with E-state index in [4.69, 9.17) is 13.9 Å². The van der Waals surface area contributed by atoms with Crippen molar-refractivity contribution in [2.45, 2.75) is 65.8 Å². The van der Waals surface area contributed by atoms with E-state index in [2.05, 4.69) is 48.7 Å². The third kappa shape index (κ3) is 5.38. The molecular weight excluding hydrogens is 428 g/mol. The third-order valence-electron chi connectivity index (χ3n) is 5.04. The van der Waals surface area contributed by atoms with E-state index in [-0.39, 0.29) is 12.8 Å². The zero-order valence-electron chi connectivity index (χ0n) is 19.2. The number of rotatable bonds is 8. The van der Waals surface area contributed by atoms with Crippen molar-refractivity contribution < 1.29 is 13.9 Å². The molecule has 9 heteroatoms. The molecule has 1 aliphatic rings. The summed E-state index contributed by atoms with van der Waals surface area (Å²) in [5.74, 6) is 2.05. The Morgan fingerprint density at radius 3 is 2.59 bits per heavy atom. The molecule has 1 atom stereocenters. The molecule has 1 N–H and O–H groups in total. The van der Waals surface area contributed by atoms with Gasteiger partial charge in [-0.2, -0.15) is 17.6 Å². The topological polar surface area (TPSA) is 91.4 Å². The Morgan fingerprint density at radius 2 is 1.91 bits per heavy atom. The summed E-state index contributed by atoms with van der Waals surface area (Å²) in [7, 11) is 0. The second-order valence-electron chi connectivity index (χ2n) is 7.78. The molecule has 174 valence electrons. The van der Waals surface area contributed by atoms with Crippen molar-refractivity contribution >= 4 is 35.5 Å². The number of aryl methyl sites for hydroxylation is 1. The Kier molecular flexibility index (Phi) is 8.44. The van der Waals surface area contributed by atoms with Crippen LogP contribution in [0, 0.1) is 6.92 Å². The maximum absolute atomic E-state index is 12.5.